The van der Waals surface area contributed by atoms with Crippen molar-refractivity contribution in [3.8, 4) is 5.75 Å². The third kappa shape index (κ3) is 10.7. The highest BCUT2D eigenvalue weighted by Crippen LogP contribution is 2.40. The summed E-state index contributed by atoms with van der Waals surface area (Å²) in [6, 6.07) is 19.9. The standard InChI is InChI=1S/C45H54F3N9O4/c1-28(2)61-40-25-39(29(3)22-38(40)53-41-24-37(34(26-50-41)45(46,47)48)52-35-11-6-5-10-33(35)43(59)49-4)57-20-18-56(19-21-57)32-14-16-55(17-15-32)27-30-8-7-9-31(23-30)51-36-12-13-42(58)54-44(36)60/h5-11,22-26,28,32,36,51H,12-21,27H2,1-4H3,(H,49,59)(H2,50,52,53)(H,54,58,60). The number of piperidine rings is 2. The van der Waals surface area contributed by atoms with Crippen LogP contribution in [0.1, 0.15) is 66.6 Å². The number of aryl methyl sites for hydroxylation is 1. The number of carbonyl (C=O) groups is 3. The number of likely N-dealkylation sites (tertiary alicyclic amines) is 1. The van der Waals surface area contributed by atoms with Crippen molar-refractivity contribution in [2.24, 2.45) is 0 Å². The van der Waals surface area contributed by atoms with Crippen molar-refractivity contribution >= 4 is 52.0 Å². The molecule has 1 atom stereocenters. The highest BCUT2D eigenvalue weighted by atomic mass is 19.4. The first-order valence-electron chi connectivity index (χ1n) is 20.9. The molecule has 3 aliphatic heterocycles. The van der Waals surface area contributed by atoms with Crippen molar-refractivity contribution in [3.63, 3.8) is 0 Å². The first-order valence-corrected chi connectivity index (χ1v) is 20.9. The van der Waals surface area contributed by atoms with Crippen LogP contribution >= 0.6 is 0 Å². The SMILES string of the molecule is CNC(=O)c1ccccc1Nc1cc(Nc2cc(C)c(N3CCN(C4CCN(Cc5cccc(NC6CCC(=O)NC6=O)c5)CC4)CC3)cc2OC(C)C)ncc1C(F)(F)F. The van der Waals surface area contributed by atoms with Crippen molar-refractivity contribution in [1.29, 1.82) is 0 Å². The lowest BCUT2D eigenvalue weighted by molar-refractivity contribution is -0.137. The fraction of sp³-hybridized carbons (Fsp3) is 0.422. The Morgan fingerprint density at radius 1 is 0.902 bits per heavy atom. The second-order valence-electron chi connectivity index (χ2n) is 16.2. The number of rotatable bonds is 13. The normalized spacial score (nSPS) is 18.2. The van der Waals surface area contributed by atoms with E-state index in [1.165, 1.54) is 24.7 Å². The first-order chi connectivity index (χ1) is 29.2. The quantitative estimate of drug-likeness (QED) is 0.0885. The van der Waals surface area contributed by atoms with Crippen molar-refractivity contribution in [2.45, 2.75) is 77.4 Å². The summed E-state index contributed by atoms with van der Waals surface area (Å²) in [7, 11) is 1.46. The summed E-state index contributed by atoms with van der Waals surface area (Å²) in [5.41, 5.74) is 3.86. The van der Waals surface area contributed by atoms with Crippen molar-refractivity contribution in [1.82, 2.24) is 25.4 Å². The van der Waals surface area contributed by atoms with E-state index in [0.717, 1.165) is 81.8 Å². The molecule has 0 aliphatic carbocycles. The molecule has 3 saturated heterocycles. The van der Waals surface area contributed by atoms with Crippen LogP contribution in [0.2, 0.25) is 0 Å². The van der Waals surface area contributed by atoms with Crippen molar-refractivity contribution in [2.75, 3.05) is 67.2 Å². The molecule has 1 unspecified atom stereocenters. The molecule has 3 aliphatic rings. The Bertz CT molecular complexity index is 2220. The number of para-hydroxylation sites is 1. The number of hydrogen-bond donors (Lipinski definition) is 5. The second kappa shape index (κ2) is 18.8. The second-order valence-corrected chi connectivity index (χ2v) is 16.2. The molecule has 0 bridgehead atoms. The zero-order valence-corrected chi connectivity index (χ0v) is 35.0. The van der Waals surface area contributed by atoms with Gasteiger partial charge in [-0.15, -0.1) is 0 Å². The van der Waals surface area contributed by atoms with E-state index in [4.69, 9.17) is 4.74 Å². The fourth-order valence-corrected chi connectivity index (χ4v) is 8.35. The maximum atomic E-state index is 14.2. The minimum Gasteiger partial charge on any atom is -0.489 e. The molecule has 4 heterocycles. The zero-order chi connectivity index (χ0) is 43.3. The molecule has 3 amide bonds. The lowest BCUT2D eigenvalue weighted by Crippen LogP contribution is -2.53. The molecule has 1 aromatic heterocycles. The number of nitrogens with one attached hydrogen (secondary N) is 5. The Kier molecular flexibility index (Phi) is 13.3. The maximum absolute atomic E-state index is 14.2. The van der Waals surface area contributed by atoms with E-state index in [-0.39, 0.29) is 40.7 Å². The van der Waals surface area contributed by atoms with Gasteiger partial charge >= 0.3 is 6.18 Å². The Hall–Kier alpha value is -5.87. The van der Waals surface area contributed by atoms with Gasteiger partial charge in [0, 0.05) is 81.9 Å². The van der Waals surface area contributed by atoms with Crippen LogP contribution in [0.25, 0.3) is 0 Å². The summed E-state index contributed by atoms with van der Waals surface area (Å²) >= 11 is 0. The molecular weight excluding hydrogens is 788 g/mol. The maximum Gasteiger partial charge on any atom is 0.419 e. The Morgan fingerprint density at radius 2 is 1.66 bits per heavy atom. The van der Waals surface area contributed by atoms with Crippen LogP contribution in [0.15, 0.2) is 72.9 Å². The summed E-state index contributed by atoms with van der Waals surface area (Å²) in [5, 5.41) is 14.3. The minimum absolute atomic E-state index is 0.170. The topological polar surface area (TPSA) is 143 Å². The predicted octanol–water partition coefficient (Wildman–Crippen LogP) is 7.05. The molecule has 61 heavy (non-hydrogen) atoms. The van der Waals surface area contributed by atoms with E-state index >= 15 is 0 Å². The van der Waals surface area contributed by atoms with E-state index in [0.29, 0.717) is 30.3 Å². The zero-order valence-electron chi connectivity index (χ0n) is 35.0. The average molecular weight is 842 g/mol. The van der Waals surface area contributed by atoms with Gasteiger partial charge in [0.05, 0.1) is 34.3 Å². The third-order valence-corrected chi connectivity index (χ3v) is 11.4. The number of anilines is 6. The summed E-state index contributed by atoms with van der Waals surface area (Å²) in [6.45, 7) is 12.2. The van der Waals surface area contributed by atoms with E-state index in [9.17, 15) is 27.6 Å². The Morgan fingerprint density at radius 3 is 2.36 bits per heavy atom. The number of halogens is 3. The number of imide groups is 1. The van der Waals surface area contributed by atoms with Crippen LogP contribution < -0.4 is 36.2 Å². The lowest BCUT2D eigenvalue weighted by Gasteiger charge is -2.43. The number of hydrogen-bond acceptors (Lipinski definition) is 11. The van der Waals surface area contributed by atoms with Gasteiger partial charge in [0.15, 0.2) is 0 Å². The van der Waals surface area contributed by atoms with Gasteiger partial charge in [0.2, 0.25) is 11.8 Å². The summed E-state index contributed by atoms with van der Waals surface area (Å²) in [6.07, 6.45) is -1.11. The molecular formula is C45H54F3N9O4. The number of aromatic nitrogens is 1. The fourth-order valence-electron chi connectivity index (χ4n) is 8.35. The first kappa shape index (κ1) is 43.2. The van der Waals surface area contributed by atoms with Crippen molar-refractivity contribution in [3.05, 3.63) is 95.2 Å². The van der Waals surface area contributed by atoms with Gasteiger partial charge in [-0.3, -0.25) is 29.5 Å². The number of benzene rings is 3. The molecule has 0 saturated carbocycles. The lowest BCUT2D eigenvalue weighted by atomic mass is 10.0. The van der Waals surface area contributed by atoms with E-state index < -0.39 is 23.7 Å². The molecule has 13 nitrogen and oxygen atoms in total. The third-order valence-electron chi connectivity index (χ3n) is 11.4. The van der Waals surface area contributed by atoms with Gasteiger partial charge in [0.25, 0.3) is 5.91 Å². The van der Waals surface area contributed by atoms with Crippen LogP contribution in [0.3, 0.4) is 0 Å². The summed E-state index contributed by atoms with van der Waals surface area (Å²) in [5.74, 6) is -0.206. The average Bonchev–Trinajstić information content (AvgIpc) is 3.23. The highest BCUT2D eigenvalue weighted by Gasteiger charge is 2.35. The highest BCUT2D eigenvalue weighted by molar-refractivity contribution is 6.01. The number of carbonyl (C=O) groups excluding carboxylic acids is 3. The van der Waals surface area contributed by atoms with E-state index in [2.05, 4.69) is 58.4 Å². The van der Waals surface area contributed by atoms with Crippen molar-refractivity contribution < 1.29 is 32.3 Å². The van der Waals surface area contributed by atoms with Gasteiger partial charge < -0.3 is 30.9 Å². The molecule has 3 aromatic carbocycles. The number of nitrogens with zero attached hydrogens (tertiary/aromatic N) is 4. The van der Waals surface area contributed by atoms with Crippen LogP contribution in [-0.2, 0) is 22.3 Å². The number of ether oxygens (including phenoxy) is 1. The molecule has 5 N–H and O–H groups in total. The van der Waals surface area contributed by atoms with Gasteiger partial charge in [0.1, 0.15) is 17.6 Å². The van der Waals surface area contributed by atoms with Crippen LogP contribution in [0.4, 0.5) is 47.4 Å². The van der Waals surface area contributed by atoms with E-state index in [1.807, 2.05) is 45.0 Å². The monoisotopic (exact) mass is 841 g/mol. The molecule has 324 valence electrons. The summed E-state index contributed by atoms with van der Waals surface area (Å²) < 4.78 is 48.9. The molecule has 16 heteroatoms. The molecule has 0 spiro atoms. The largest absolute Gasteiger partial charge is 0.489 e. The van der Waals surface area contributed by atoms with Crippen LogP contribution in [-0.4, -0.2) is 97.0 Å². The number of piperazine rings is 1. The minimum atomic E-state index is -4.70. The summed E-state index contributed by atoms with van der Waals surface area (Å²) in [4.78, 5) is 47.9. The number of pyridine rings is 1. The van der Waals surface area contributed by atoms with Gasteiger partial charge in [-0.1, -0.05) is 24.3 Å². The molecule has 4 aromatic rings. The van der Waals surface area contributed by atoms with E-state index in [1.54, 1.807) is 18.2 Å². The Balaban J connectivity index is 0.975. The Labute approximate surface area is 354 Å². The van der Waals surface area contributed by atoms with Crippen LogP contribution in [0, 0.1) is 6.92 Å². The number of amides is 3. The molecule has 0 radical (unpaired) electrons. The van der Waals surface area contributed by atoms with Gasteiger partial charge in [-0.25, -0.2) is 4.98 Å². The molecule has 7 rings (SSSR count). The van der Waals surface area contributed by atoms with Gasteiger partial charge in [-0.05, 0) is 94.6 Å². The number of alkyl halides is 3. The molecule has 3 fully saturated rings. The predicted molar refractivity (Wildman–Crippen MR) is 231 cm³/mol. The van der Waals surface area contributed by atoms with Crippen LogP contribution in [0.5, 0.6) is 5.75 Å². The van der Waals surface area contributed by atoms with Gasteiger partial charge in [-0.2, -0.15) is 13.2 Å². The smallest absolute Gasteiger partial charge is 0.419 e.